The number of aromatic carboxylic acids is 1. The van der Waals surface area contributed by atoms with Gasteiger partial charge in [-0.15, -0.1) is 0 Å². The molecule has 0 saturated carbocycles. The monoisotopic (exact) mass is 213 g/mol. The Morgan fingerprint density at radius 3 is 2.93 bits per heavy atom. The number of nitrogens with one attached hydrogen (secondary N) is 1. The molecule has 0 aliphatic heterocycles. The summed E-state index contributed by atoms with van der Waals surface area (Å²) in [6, 6.07) is 3.94. The molecule has 15 heavy (non-hydrogen) atoms. The van der Waals surface area contributed by atoms with Crippen LogP contribution in [-0.2, 0) is 0 Å². The second-order valence-corrected chi connectivity index (χ2v) is 2.87. The molecule has 4 nitrogen and oxygen atoms in total. The van der Waals surface area contributed by atoms with E-state index in [1.807, 2.05) is 0 Å². The summed E-state index contributed by atoms with van der Waals surface area (Å²) in [7, 11) is 1.74. The first-order valence-corrected chi connectivity index (χ1v) is 4.46. The molecule has 2 N–H and O–H groups in total. The number of ether oxygens (including phenoxy) is 1. The van der Waals surface area contributed by atoms with Crippen LogP contribution in [0.1, 0.15) is 10.4 Å². The molecule has 1 aromatic rings. The van der Waals surface area contributed by atoms with Crippen LogP contribution in [0.3, 0.4) is 0 Å². The van der Waals surface area contributed by atoms with E-state index >= 15 is 0 Å². The smallest absolute Gasteiger partial charge is 0.342 e. The molecule has 0 fully saturated rings. The Hall–Kier alpha value is -1.62. The van der Waals surface area contributed by atoms with Crippen LogP contribution >= 0.6 is 0 Å². The maximum absolute atomic E-state index is 13.1. The first kappa shape index (κ1) is 11.5. The molecular formula is C10H12FNO3. The van der Waals surface area contributed by atoms with E-state index in [0.29, 0.717) is 13.2 Å². The highest BCUT2D eigenvalue weighted by Crippen LogP contribution is 2.21. The predicted octanol–water partition coefficient (Wildman–Crippen LogP) is 1.12. The average molecular weight is 213 g/mol. The lowest BCUT2D eigenvalue weighted by Crippen LogP contribution is -2.17. The molecule has 0 aromatic heterocycles. The topological polar surface area (TPSA) is 58.6 Å². The lowest BCUT2D eigenvalue weighted by atomic mass is 10.2. The van der Waals surface area contributed by atoms with Gasteiger partial charge in [-0.05, 0) is 19.2 Å². The zero-order chi connectivity index (χ0) is 11.3. The number of hydrogen-bond acceptors (Lipinski definition) is 3. The maximum atomic E-state index is 13.1. The van der Waals surface area contributed by atoms with Crippen LogP contribution in [0.15, 0.2) is 18.2 Å². The molecule has 0 aliphatic carbocycles. The fourth-order valence-corrected chi connectivity index (χ4v) is 1.10. The van der Waals surface area contributed by atoms with Crippen LogP contribution < -0.4 is 10.1 Å². The van der Waals surface area contributed by atoms with Gasteiger partial charge in [0, 0.05) is 6.54 Å². The number of hydrogen-bond donors (Lipinski definition) is 2. The molecule has 0 bridgehead atoms. The summed E-state index contributed by atoms with van der Waals surface area (Å²) in [6.07, 6.45) is 0. The number of carbonyl (C=O) groups is 1. The number of halogens is 1. The van der Waals surface area contributed by atoms with Gasteiger partial charge in [-0.3, -0.25) is 0 Å². The van der Waals surface area contributed by atoms with Gasteiger partial charge in [-0.1, -0.05) is 6.07 Å². The normalized spacial score (nSPS) is 10.0. The van der Waals surface area contributed by atoms with Gasteiger partial charge in [0.25, 0.3) is 0 Å². The molecule has 0 radical (unpaired) electrons. The summed E-state index contributed by atoms with van der Waals surface area (Å²) in [6.45, 7) is 0.857. The SMILES string of the molecule is CNCCOc1cccc(F)c1C(=O)O. The number of carboxylic acids is 1. The molecule has 1 aromatic carbocycles. The van der Waals surface area contributed by atoms with Crippen molar-refractivity contribution in [3.05, 3.63) is 29.6 Å². The Bertz CT molecular complexity index is 355. The second kappa shape index (κ2) is 5.31. The number of carboxylic acid groups (broad SMARTS) is 1. The minimum Gasteiger partial charge on any atom is -0.491 e. The fraction of sp³-hybridized carbons (Fsp3) is 0.300. The molecule has 0 atom stereocenters. The number of benzene rings is 1. The van der Waals surface area contributed by atoms with Crippen LogP contribution in [0.2, 0.25) is 0 Å². The van der Waals surface area contributed by atoms with Crippen molar-refractivity contribution in [3.8, 4) is 5.75 Å². The van der Waals surface area contributed by atoms with Gasteiger partial charge in [0.2, 0.25) is 0 Å². The van der Waals surface area contributed by atoms with Gasteiger partial charge in [0.15, 0.2) is 0 Å². The van der Waals surface area contributed by atoms with E-state index < -0.39 is 17.3 Å². The van der Waals surface area contributed by atoms with Crippen molar-refractivity contribution in [1.82, 2.24) is 5.32 Å². The van der Waals surface area contributed by atoms with E-state index in [1.165, 1.54) is 12.1 Å². The Morgan fingerprint density at radius 2 is 2.33 bits per heavy atom. The minimum absolute atomic E-state index is 0.0535. The van der Waals surface area contributed by atoms with Crippen LogP contribution in [0.5, 0.6) is 5.75 Å². The molecule has 0 saturated heterocycles. The Morgan fingerprint density at radius 1 is 1.60 bits per heavy atom. The molecule has 82 valence electrons. The third-order valence-corrected chi connectivity index (χ3v) is 1.80. The van der Waals surface area contributed by atoms with E-state index in [9.17, 15) is 9.18 Å². The first-order chi connectivity index (χ1) is 7.16. The third kappa shape index (κ3) is 2.92. The number of likely N-dealkylation sites (N-methyl/N-ethyl adjacent to an activating group) is 1. The van der Waals surface area contributed by atoms with Gasteiger partial charge in [-0.25, -0.2) is 9.18 Å². The summed E-state index contributed by atoms with van der Waals surface area (Å²) >= 11 is 0. The van der Waals surface area contributed by atoms with Crippen molar-refractivity contribution in [1.29, 1.82) is 0 Å². The van der Waals surface area contributed by atoms with Crippen molar-refractivity contribution in [3.63, 3.8) is 0 Å². The number of rotatable bonds is 5. The van der Waals surface area contributed by atoms with Gasteiger partial charge in [-0.2, -0.15) is 0 Å². The van der Waals surface area contributed by atoms with Gasteiger partial charge in [0.05, 0.1) is 0 Å². The first-order valence-electron chi connectivity index (χ1n) is 4.46. The Kier molecular flexibility index (Phi) is 4.05. The zero-order valence-corrected chi connectivity index (χ0v) is 8.29. The lowest BCUT2D eigenvalue weighted by molar-refractivity contribution is 0.0687. The van der Waals surface area contributed by atoms with Gasteiger partial charge in [0.1, 0.15) is 23.7 Å². The third-order valence-electron chi connectivity index (χ3n) is 1.80. The standard InChI is InChI=1S/C10H12FNO3/c1-12-5-6-15-8-4-2-3-7(11)9(8)10(13)14/h2-4,12H,5-6H2,1H3,(H,13,14). The summed E-state index contributed by atoms with van der Waals surface area (Å²) in [4.78, 5) is 10.7. The van der Waals surface area contributed by atoms with E-state index in [2.05, 4.69) is 5.32 Å². The zero-order valence-electron chi connectivity index (χ0n) is 8.29. The van der Waals surface area contributed by atoms with E-state index in [0.717, 1.165) is 6.07 Å². The van der Waals surface area contributed by atoms with Crippen LogP contribution in [-0.4, -0.2) is 31.3 Å². The summed E-state index contributed by atoms with van der Waals surface area (Å²) in [5.41, 5.74) is -0.423. The molecule has 5 heteroatoms. The lowest BCUT2D eigenvalue weighted by Gasteiger charge is -2.08. The van der Waals surface area contributed by atoms with Crippen molar-refractivity contribution < 1.29 is 19.0 Å². The van der Waals surface area contributed by atoms with Crippen molar-refractivity contribution in [2.24, 2.45) is 0 Å². The van der Waals surface area contributed by atoms with Crippen molar-refractivity contribution in [2.45, 2.75) is 0 Å². The van der Waals surface area contributed by atoms with E-state index in [1.54, 1.807) is 7.05 Å². The van der Waals surface area contributed by atoms with Crippen LogP contribution in [0, 0.1) is 5.82 Å². The van der Waals surface area contributed by atoms with Crippen molar-refractivity contribution in [2.75, 3.05) is 20.2 Å². The van der Waals surface area contributed by atoms with Crippen molar-refractivity contribution >= 4 is 5.97 Å². The van der Waals surface area contributed by atoms with Crippen LogP contribution in [0.4, 0.5) is 4.39 Å². The fourth-order valence-electron chi connectivity index (χ4n) is 1.10. The summed E-state index contributed by atoms with van der Waals surface area (Å²) < 4.78 is 18.3. The molecule has 0 spiro atoms. The van der Waals surface area contributed by atoms with Gasteiger partial charge < -0.3 is 15.2 Å². The summed E-state index contributed by atoms with van der Waals surface area (Å²) in [5.74, 6) is -2.06. The molecule has 0 amide bonds. The van der Waals surface area contributed by atoms with Crippen LogP contribution in [0.25, 0.3) is 0 Å². The van der Waals surface area contributed by atoms with Gasteiger partial charge >= 0.3 is 5.97 Å². The minimum atomic E-state index is -1.33. The Labute approximate surface area is 86.7 Å². The Balaban J connectivity index is 2.86. The summed E-state index contributed by atoms with van der Waals surface area (Å²) in [5, 5.41) is 11.6. The largest absolute Gasteiger partial charge is 0.491 e. The molecule has 0 aliphatic rings. The molecular weight excluding hydrogens is 201 g/mol. The average Bonchev–Trinajstić information content (AvgIpc) is 2.17. The highest BCUT2D eigenvalue weighted by atomic mass is 19.1. The van der Waals surface area contributed by atoms with E-state index in [4.69, 9.17) is 9.84 Å². The second-order valence-electron chi connectivity index (χ2n) is 2.87. The van der Waals surface area contributed by atoms with E-state index in [-0.39, 0.29) is 5.75 Å². The molecule has 0 heterocycles. The molecule has 0 unspecified atom stereocenters. The quantitative estimate of drug-likeness (QED) is 0.720. The highest BCUT2D eigenvalue weighted by Gasteiger charge is 2.16. The predicted molar refractivity (Wildman–Crippen MR) is 52.8 cm³/mol. The highest BCUT2D eigenvalue weighted by molar-refractivity contribution is 5.91. The maximum Gasteiger partial charge on any atom is 0.342 e. The molecule has 1 rings (SSSR count).